The van der Waals surface area contributed by atoms with Gasteiger partial charge in [-0.1, -0.05) is 35.9 Å². The summed E-state index contributed by atoms with van der Waals surface area (Å²) in [5.41, 5.74) is 4.76. The highest BCUT2D eigenvalue weighted by molar-refractivity contribution is 5.85. The van der Waals surface area contributed by atoms with Crippen molar-refractivity contribution in [3.8, 4) is 22.6 Å². The zero-order chi connectivity index (χ0) is 18.6. The molecule has 1 aromatic carbocycles. The molecule has 1 saturated heterocycles. The van der Waals surface area contributed by atoms with E-state index in [1.165, 1.54) is 5.56 Å². The summed E-state index contributed by atoms with van der Waals surface area (Å²) < 4.78 is 0. The van der Waals surface area contributed by atoms with Gasteiger partial charge in [-0.05, 0) is 38.4 Å². The number of H-pyrrole nitrogens is 1. The van der Waals surface area contributed by atoms with Gasteiger partial charge in [-0.25, -0.2) is 4.98 Å². The highest BCUT2D eigenvalue weighted by Gasteiger charge is 2.22. The summed E-state index contributed by atoms with van der Waals surface area (Å²) in [6.45, 7) is 3.33. The molecule has 1 atom stereocenters. The number of carbonyl (C=O) groups excluding carboxylic acids is 1. The molecule has 6 nitrogen and oxygen atoms in total. The van der Waals surface area contributed by atoms with E-state index < -0.39 is 0 Å². The van der Waals surface area contributed by atoms with Crippen LogP contribution in [0.2, 0.25) is 0 Å². The van der Waals surface area contributed by atoms with Crippen molar-refractivity contribution < 1.29 is 4.79 Å². The molecule has 0 aliphatic carbocycles. The number of amides is 1. The molecule has 0 radical (unpaired) electrons. The van der Waals surface area contributed by atoms with Crippen molar-refractivity contribution in [2.75, 3.05) is 6.54 Å². The largest absolute Gasteiger partial charge is 0.348 e. The first-order valence-electron chi connectivity index (χ1n) is 9.29. The molecule has 7 heteroatoms. The molecule has 3 heterocycles. The minimum Gasteiger partial charge on any atom is -0.348 e. The number of imidazole rings is 1. The van der Waals surface area contributed by atoms with E-state index in [9.17, 15) is 4.79 Å². The first-order valence-corrected chi connectivity index (χ1v) is 9.29. The fourth-order valence-corrected chi connectivity index (χ4v) is 3.32. The van der Waals surface area contributed by atoms with Crippen LogP contribution in [0.3, 0.4) is 0 Å². The molecular weight excluding hydrogens is 374 g/mol. The molecule has 2 aromatic heterocycles. The van der Waals surface area contributed by atoms with Crippen LogP contribution < -0.4 is 10.6 Å². The van der Waals surface area contributed by atoms with Gasteiger partial charge in [0.15, 0.2) is 0 Å². The Balaban J connectivity index is 0.00000225. The summed E-state index contributed by atoms with van der Waals surface area (Å²) in [5, 5.41) is 6.19. The van der Waals surface area contributed by atoms with E-state index in [2.05, 4.69) is 51.8 Å². The van der Waals surface area contributed by atoms with Gasteiger partial charge < -0.3 is 15.6 Å². The Morgan fingerprint density at radius 2 is 2.04 bits per heavy atom. The van der Waals surface area contributed by atoms with Crippen LogP contribution in [0.4, 0.5) is 0 Å². The van der Waals surface area contributed by atoms with E-state index in [1.54, 1.807) is 6.20 Å². The second kappa shape index (κ2) is 8.99. The lowest BCUT2D eigenvalue weighted by Crippen LogP contribution is -2.40. The fraction of sp³-hybridized carbons (Fsp3) is 0.286. The number of aromatic nitrogens is 3. The van der Waals surface area contributed by atoms with Crippen LogP contribution in [0.25, 0.3) is 22.6 Å². The molecule has 1 amide bonds. The third-order valence-electron chi connectivity index (χ3n) is 4.81. The Kier molecular flexibility index (Phi) is 6.44. The van der Waals surface area contributed by atoms with Crippen molar-refractivity contribution in [2.24, 2.45) is 0 Å². The molecule has 28 heavy (non-hydrogen) atoms. The highest BCUT2D eigenvalue weighted by Crippen LogP contribution is 2.29. The van der Waals surface area contributed by atoms with Crippen LogP contribution in [0.5, 0.6) is 0 Å². The lowest BCUT2D eigenvalue weighted by molar-refractivity contribution is -0.122. The number of halogens is 1. The van der Waals surface area contributed by atoms with E-state index in [4.69, 9.17) is 4.98 Å². The molecule has 0 bridgehead atoms. The molecule has 1 aliphatic rings. The zero-order valence-electron chi connectivity index (χ0n) is 15.7. The van der Waals surface area contributed by atoms with E-state index >= 15 is 0 Å². The monoisotopic (exact) mass is 397 g/mol. The molecule has 3 N–H and O–H groups in total. The molecule has 3 aromatic rings. The van der Waals surface area contributed by atoms with Crippen LogP contribution in [-0.2, 0) is 11.3 Å². The van der Waals surface area contributed by atoms with Crippen molar-refractivity contribution in [2.45, 2.75) is 32.4 Å². The quantitative estimate of drug-likeness (QED) is 0.617. The van der Waals surface area contributed by atoms with Gasteiger partial charge in [0.05, 0.1) is 29.7 Å². The molecule has 1 aliphatic heterocycles. The van der Waals surface area contributed by atoms with Crippen LogP contribution in [-0.4, -0.2) is 33.4 Å². The maximum atomic E-state index is 12.3. The van der Waals surface area contributed by atoms with E-state index in [0.717, 1.165) is 47.9 Å². The van der Waals surface area contributed by atoms with Gasteiger partial charge in [-0.3, -0.25) is 9.78 Å². The van der Waals surface area contributed by atoms with E-state index in [1.807, 2.05) is 18.2 Å². The summed E-state index contributed by atoms with van der Waals surface area (Å²) in [7, 11) is 0. The number of aryl methyl sites for hydroxylation is 1. The van der Waals surface area contributed by atoms with Gasteiger partial charge in [-0.2, -0.15) is 0 Å². The lowest BCUT2D eigenvalue weighted by atomic mass is 10.1. The average Bonchev–Trinajstić information content (AvgIpc) is 3.38. The third kappa shape index (κ3) is 4.40. The first-order chi connectivity index (χ1) is 13.2. The molecule has 4 rings (SSSR count). The topological polar surface area (TPSA) is 82.7 Å². The van der Waals surface area contributed by atoms with E-state index in [-0.39, 0.29) is 24.4 Å². The second-order valence-electron chi connectivity index (χ2n) is 6.85. The molecule has 0 spiro atoms. The Labute approximate surface area is 170 Å². The predicted molar refractivity (Wildman–Crippen MR) is 112 cm³/mol. The van der Waals surface area contributed by atoms with Gasteiger partial charge in [0.25, 0.3) is 0 Å². The fourth-order valence-electron chi connectivity index (χ4n) is 3.32. The Morgan fingerprint density at radius 3 is 2.71 bits per heavy atom. The predicted octanol–water partition coefficient (Wildman–Crippen LogP) is 3.24. The Hall–Kier alpha value is -2.70. The van der Waals surface area contributed by atoms with Crippen LogP contribution in [0.15, 0.2) is 48.7 Å². The zero-order valence-corrected chi connectivity index (χ0v) is 16.6. The highest BCUT2D eigenvalue weighted by atomic mass is 35.5. The van der Waals surface area contributed by atoms with Crippen molar-refractivity contribution in [3.63, 3.8) is 0 Å². The summed E-state index contributed by atoms with van der Waals surface area (Å²) in [6.07, 6.45) is 3.69. The number of nitrogens with one attached hydrogen (secondary N) is 3. The van der Waals surface area contributed by atoms with Gasteiger partial charge in [0.2, 0.25) is 5.91 Å². The normalized spacial score (nSPS) is 15.8. The number of pyridine rings is 1. The maximum Gasteiger partial charge on any atom is 0.237 e. The summed E-state index contributed by atoms with van der Waals surface area (Å²) in [6, 6.07) is 14.0. The number of nitrogens with zero attached hydrogens (tertiary/aromatic N) is 2. The van der Waals surface area contributed by atoms with Crippen LogP contribution in [0.1, 0.15) is 24.2 Å². The van der Waals surface area contributed by atoms with Crippen molar-refractivity contribution in [3.05, 3.63) is 60.0 Å². The minimum atomic E-state index is -0.0909. The van der Waals surface area contributed by atoms with Gasteiger partial charge in [0.1, 0.15) is 5.82 Å². The molecule has 0 saturated carbocycles. The molecule has 146 valence electrons. The Morgan fingerprint density at radius 1 is 1.21 bits per heavy atom. The standard InChI is InChI=1S/C21H23N5O.ClH/c1-14-7-9-15(10-8-14)19-20(16-5-2-3-11-22-16)26-18(25-19)13-24-21(27)17-6-4-12-23-17;/h2-3,5,7-11,17,23H,4,6,12-13H2,1H3,(H,24,27)(H,25,26);1H/t17-;/m0./s1. The van der Waals surface area contributed by atoms with Gasteiger partial charge in [0, 0.05) is 11.8 Å². The number of benzene rings is 1. The Bertz CT molecular complexity index is 918. The number of rotatable bonds is 5. The van der Waals surface area contributed by atoms with Crippen molar-refractivity contribution in [1.29, 1.82) is 0 Å². The molecular formula is C21H24ClN5O. The minimum absolute atomic E-state index is 0. The van der Waals surface area contributed by atoms with Crippen LogP contribution >= 0.6 is 12.4 Å². The second-order valence-corrected chi connectivity index (χ2v) is 6.85. The number of aromatic amines is 1. The molecule has 0 unspecified atom stereocenters. The van der Waals surface area contributed by atoms with Crippen molar-refractivity contribution in [1.82, 2.24) is 25.6 Å². The summed E-state index contributed by atoms with van der Waals surface area (Å²) >= 11 is 0. The van der Waals surface area contributed by atoms with Crippen molar-refractivity contribution >= 4 is 18.3 Å². The lowest BCUT2D eigenvalue weighted by Gasteiger charge is -2.09. The maximum absolute atomic E-state index is 12.3. The summed E-state index contributed by atoms with van der Waals surface area (Å²) in [4.78, 5) is 24.8. The van der Waals surface area contributed by atoms with Gasteiger partial charge in [-0.15, -0.1) is 12.4 Å². The molecule has 1 fully saturated rings. The number of carbonyl (C=O) groups is 1. The number of hydrogen-bond acceptors (Lipinski definition) is 4. The van der Waals surface area contributed by atoms with Crippen LogP contribution in [0, 0.1) is 6.92 Å². The summed E-state index contributed by atoms with van der Waals surface area (Å²) in [5.74, 6) is 0.748. The van der Waals surface area contributed by atoms with Gasteiger partial charge >= 0.3 is 0 Å². The average molecular weight is 398 g/mol. The smallest absolute Gasteiger partial charge is 0.237 e. The van der Waals surface area contributed by atoms with E-state index in [0.29, 0.717) is 6.54 Å². The number of hydrogen-bond donors (Lipinski definition) is 3. The first kappa shape index (κ1) is 20.0. The SMILES string of the molecule is Cc1ccc(-c2nc(CNC(=O)[C@@H]3CCCN3)[nH]c2-c2ccccn2)cc1.Cl. The third-order valence-corrected chi connectivity index (χ3v) is 4.81.